The SMILES string of the molecule is CCC1=Cc2ccccc2C12CCCC(N)C2. The van der Waals surface area contributed by atoms with E-state index in [1.165, 1.54) is 30.4 Å². The number of hydrogen-bond acceptors (Lipinski definition) is 1. The van der Waals surface area contributed by atoms with Gasteiger partial charge in [0.2, 0.25) is 0 Å². The van der Waals surface area contributed by atoms with E-state index < -0.39 is 0 Å². The second-order valence-corrected chi connectivity index (χ2v) is 5.55. The van der Waals surface area contributed by atoms with Gasteiger partial charge in [0.1, 0.15) is 0 Å². The first-order chi connectivity index (χ1) is 8.26. The van der Waals surface area contributed by atoms with Crippen molar-refractivity contribution in [3.05, 3.63) is 41.0 Å². The number of allylic oxidation sites excluding steroid dienone is 1. The average molecular weight is 227 g/mol. The molecule has 0 amide bonds. The number of hydrogen-bond donors (Lipinski definition) is 1. The van der Waals surface area contributed by atoms with Crippen molar-refractivity contribution in [2.75, 3.05) is 0 Å². The van der Waals surface area contributed by atoms with Gasteiger partial charge in [-0.2, -0.15) is 0 Å². The molecule has 2 N–H and O–H groups in total. The fraction of sp³-hybridized carbons (Fsp3) is 0.500. The second kappa shape index (κ2) is 3.99. The van der Waals surface area contributed by atoms with E-state index in [0.29, 0.717) is 6.04 Å². The zero-order valence-corrected chi connectivity index (χ0v) is 10.6. The van der Waals surface area contributed by atoms with Crippen LogP contribution in [0.4, 0.5) is 0 Å². The highest BCUT2D eigenvalue weighted by Crippen LogP contribution is 2.51. The Hall–Kier alpha value is -1.08. The van der Waals surface area contributed by atoms with Crippen LogP contribution in [0.25, 0.3) is 6.08 Å². The molecule has 2 aliphatic rings. The molecule has 1 fully saturated rings. The number of rotatable bonds is 1. The Balaban J connectivity index is 2.10. The lowest BCUT2D eigenvalue weighted by Crippen LogP contribution is -2.39. The Bertz CT molecular complexity index is 460. The van der Waals surface area contributed by atoms with Gasteiger partial charge in [-0.25, -0.2) is 0 Å². The summed E-state index contributed by atoms with van der Waals surface area (Å²) in [5.74, 6) is 0. The Morgan fingerprint density at radius 3 is 2.94 bits per heavy atom. The Morgan fingerprint density at radius 1 is 1.35 bits per heavy atom. The third-order valence-electron chi connectivity index (χ3n) is 4.59. The molecule has 2 atom stereocenters. The first kappa shape index (κ1) is 11.0. The molecular formula is C16H21N. The van der Waals surface area contributed by atoms with Crippen LogP contribution in [-0.4, -0.2) is 6.04 Å². The van der Waals surface area contributed by atoms with E-state index in [1.54, 1.807) is 5.57 Å². The molecule has 2 unspecified atom stereocenters. The van der Waals surface area contributed by atoms with E-state index >= 15 is 0 Å². The van der Waals surface area contributed by atoms with Gasteiger partial charge in [-0.05, 0) is 36.8 Å². The monoisotopic (exact) mass is 227 g/mol. The van der Waals surface area contributed by atoms with Gasteiger partial charge in [-0.3, -0.25) is 0 Å². The molecule has 0 aromatic heterocycles. The molecule has 0 radical (unpaired) electrons. The molecule has 0 aliphatic heterocycles. The number of nitrogens with two attached hydrogens (primary N) is 1. The molecule has 90 valence electrons. The predicted octanol–water partition coefficient (Wildman–Crippen LogP) is 3.63. The van der Waals surface area contributed by atoms with E-state index in [9.17, 15) is 0 Å². The first-order valence-corrected chi connectivity index (χ1v) is 6.82. The third-order valence-corrected chi connectivity index (χ3v) is 4.59. The summed E-state index contributed by atoms with van der Waals surface area (Å²) in [6, 6.07) is 9.26. The summed E-state index contributed by atoms with van der Waals surface area (Å²) in [4.78, 5) is 0. The summed E-state index contributed by atoms with van der Waals surface area (Å²) in [7, 11) is 0. The molecule has 1 nitrogen and oxygen atoms in total. The number of benzene rings is 1. The average Bonchev–Trinajstić information content (AvgIpc) is 2.64. The van der Waals surface area contributed by atoms with Crippen molar-refractivity contribution >= 4 is 6.08 Å². The highest BCUT2D eigenvalue weighted by Gasteiger charge is 2.43. The van der Waals surface area contributed by atoms with Crippen molar-refractivity contribution < 1.29 is 0 Å². The van der Waals surface area contributed by atoms with Crippen LogP contribution in [0.3, 0.4) is 0 Å². The largest absolute Gasteiger partial charge is 0.328 e. The maximum atomic E-state index is 6.24. The normalized spacial score (nSPS) is 31.4. The van der Waals surface area contributed by atoms with Gasteiger partial charge in [0, 0.05) is 11.5 Å². The lowest BCUT2D eigenvalue weighted by molar-refractivity contribution is 0.306. The van der Waals surface area contributed by atoms with Crippen LogP contribution in [0.5, 0.6) is 0 Å². The second-order valence-electron chi connectivity index (χ2n) is 5.55. The van der Waals surface area contributed by atoms with Crippen LogP contribution >= 0.6 is 0 Å². The molecule has 0 heterocycles. The van der Waals surface area contributed by atoms with Gasteiger partial charge in [-0.15, -0.1) is 0 Å². The molecule has 17 heavy (non-hydrogen) atoms. The molecular weight excluding hydrogens is 206 g/mol. The summed E-state index contributed by atoms with van der Waals surface area (Å²) >= 11 is 0. The standard InChI is InChI=1S/C16H21N/c1-2-13-10-12-6-3-4-8-15(12)16(13)9-5-7-14(17)11-16/h3-4,6,8,10,14H,2,5,7,9,11,17H2,1H3. The highest BCUT2D eigenvalue weighted by molar-refractivity contribution is 5.69. The quantitative estimate of drug-likeness (QED) is 0.779. The zero-order chi connectivity index (χ0) is 11.9. The molecule has 3 rings (SSSR count). The summed E-state index contributed by atoms with van der Waals surface area (Å²) in [5.41, 5.74) is 11.1. The molecule has 1 aromatic rings. The smallest absolute Gasteiger partial charge is 0.0185 e. The van der Waals surface area contributed by atoms with E-state index in [4.69, 9.17) is 5.73 Å². The summed E-state index contributed by atoms with van der Waals surface area (Å²) < 4.78 is 0. The maximum absolute atomic E-state index is 6.24. The van der Waals surface area contributed by atoms with Crippen molar-refractivity contribution in [3.8, 4) is 0 Å². The zero-order valence-electron chi connectivity index (χ0n) is 10.6. The Labute approximate surface area is 104 Å². The maximum Gasteiger partial charge on any atom is 0.0185 e. The van der Waals surface area contributed by atoms with Crippen LogP contribution in [0.15, 0.2) is 29.8 Å². The summed E-state index contributed by atoms with van der Waals surface area (Å²) in [6.07, 6.45) is 8.46. The first-order valence-electron chi connectivity index (χ1n) is 6.82. The van der Waals surface area contributed by atoms with E-state index in [2.05, 4.69) is 37.3 Å². The Morgan fingerprint density at radius 2 is 2.18 bits per heavy atom. The van der Waals surface area contributed by atoms with Crippen molar-refractivity contribution in [1.29, 1.82) is 0 Å². The van der Waals surface area contributed by atoms with Gasteiger partial charge in [0.05, 0.1) is 0 Å². The van der Waals surface area contributed by atoms with Crippen LogP contribution in [0, 0.1) is 0 Å². The van der Waals surface area contributed by atoms with Gasteiger partial charge in [0.15, 0.2) is 0 Å². The molecule has 1 aromatic carbocycles. The van der Waals surface area contributed by atoms with Gasteiger partial charge in [-0.1, -0.05) is 49.3 Å². The van der Waals surface area contributed by atoms with Gasteiger partial charge >= 0.3 is 0 Å². The molecule has 1 heteroatoms. The summed E-state index contributed by atoms with van der Waals surface area (Å²) in [5, 5.41) is 0. The van der Waals surface area contributed by atoms with Crippen LogP contribution < -0.4 is 5.73 Å². The molecule has 0 bridgehead atoms. The van der Waals surface area contributed by atoms with Crippen molar-refractivity contribution in [1.82, 2.24) is 0 Å². The van der Waals surface area contributed by atoms with Crippen LogP contribution in [-0.2, 0) is 5.41 Å². The topological polar surface area (TPSA) is 26.0 Å². The lowest BCUT2D eigenvalue weighted by Gasteiger charge is -2.40. The van der Waals surface area contributed by atoms with E-state index in [-0.39, 0.29) is 5.41 Å². The number of fused-ring (bicyclic) bond motifs is 2. The van der Waals surface area contributed by atoms with E-state index in [1.807, 2.05) is 0 Å². The van der Waals surface area contributed by atoms with Gasteiger partial charge in [0.25, 0.3) is 0 Å². The predicted molar refractivity (Wildman–Crippen MR) is 72.8 cm³/mol. The Kier molecular flexibility index (Phi) is 2.59. The van der Waals surface area contributed by atoms with Crippen molar-refractivity contribution in [2.45, 2.75) is 50.5 Å². The highest BCUT2D eigenvalue weighted by atomic mass is 14.7. The van der Waals surface area contributed by atoms with Crippen molar-refractivity contribution in [3.63, 3.8) is 0 Å². The minimum Gasteiger partial charge on any atom is -0.328 e. The molecule has 1 spiro atoms. The van der Waals surface area contributed by atoms with E-state index in [0.717, 1.165) is 12.8 Å². The minimum absolute atomic E-state index is 0.281. The van der Waals surface area contributed by atoms with Crippen LogP contribution in [0.2, 0.25) is 0 Å². The third kappa shape index (κ3) is 1.56. The fourth-order valence-corrected chi connectivity index (χ4v) is 3.85. The summed E-state index contributed by atoms with van der Waals surface area (Å²) in [6.45, 7) is 2.28. The minimum atomic E-state index is 0.281. The molecule has 0 saturated heterocycles. The molecule has 1 saturated carbocycles. The fourth-order valence-electron chi connectivity index (χ4n) is 3.85. The van der Waals surface area contributed by atoms with Gasteiger partial charge < -0.3 is 5.73 Å². The lowest BCUT2D eigenvalue weighted by atomic mass is 9.65. The van der Waals surface area contributed by atoms with Crippen LogP contribution in [0.1, 0.15) is 50.2 Å². The molecule has 2 aliphatic carbocycles. The van der Waals surface area contributed by atoms with Crippen molar-refractivity contribution in [2.24, 2.45) is 5.73 Å².